The number of hydrogen-bond donors (Lipinski definition) is 2. The third kappa shape index (κ3) is 3.32. The van der Waals surface area contributed by atoms with Gasteiger partial charge in [0.1, 0.15) is 15.8 Å². The summed E-state index contributed by atoms with van der Waals surface area (Å²) >= 11 is 6.63. The van der Waals surface area contributed by atoms with Gasteiger partial charge in [-0.05, 0) is 31.5 Å². The molecule has 6 heteroatoms. The van der Waals surface area contributed by atoms with Crippen molar-refractivity contribution in [2.75, 3.05) is 5.32 Å². The highest BCUT2D eigenvalue weighted by molar-refractivity contribution is 7.80. The predicted molar refractivity (Wildman–Crippen MR) is 85.8 cm³/mol. The number of nitrogens with one attached hydrogen (secondary N) is 1. The van der Waals surface area contributed by atoms with Gasteiger partial charge in [-0.25, -0.2) is 9.37 Å². The molecule has 0 saturated carbocycles. The van der Waals surface area contributed by atoms with Gasteiger partial charge in [0, 0.05) is 22.3 Å². The first-order valence-corrected chi connectivity index (χ1v) is 7.54. The van der Waals surface area contributed by atoms with Crippen LogP contribution in [0.2, 0.25) is 0 Å². The Bertz CT molecular complexity index is 625. The standard InChI is InChI=1S/C14H16FN3S2/c1-3-10-7-17-14(20-10)8(2)18-12-5-4-9(15)6-11(12)13(16)19/h4-8,18H,3H2,1-2H3,(H2,16,19). The van der Waals surface area contributed by atoms with Crippen molar-refractivity contribution in [3.63, 3.8) is 0 Å². The van der Waals surface area contributed by atoms with Crippen molar-refractivity contribution in [3.8, 4) is 0 Å². The number of aryl methyl sites for hydroxylation is 1. The minimum atomic E-state index is -0.353. The zero-order valence-corrected chi connectivity index (χ0v) is 12.9. The van der Waals surface area contributed by atoms with Crippen LogP contribution in [0.1, 0.15) is 35.3 Å². The number of hydrogen-bond acceptors (Lipinski definition) is 4. The summed E-state index contributed by atoms with van der Waals surface area (Å²) in [5.74, 6) is -0.353. The molecule has 3 N–H and O–H groups in total. The van der Waals surface area contributed by atoms with Gasteiger partial charge in [-0.1, -0.05) is 19.1 Å². The van der Waals surface area contributed by atoms with Crippen LogP contribution in [-0.4, -0.2) is 9.97 Å². The Labute approximate surface area is 127 Å². The van der Waals surface area contributed by atoms with Crippen molar-refractivity contribution >= 4 is 34.2 Å². The van der Waals surface area contributed by atoms with Crippen molar-refractivity contribution in [1.82, 2.24) is 4.98 Å². The van der Waals surface area contributed by atoms with Gasteiger partial charge in [0.05, 0.1) is 6.04 Å². The maximum atomic E-state index is 13.3. The average molecular weight is 309 g/mol. The predicted octanol–water partition coefficient (Wildman–Crippen LogP) is 3.65. The molecule has 0 bridgehead atoms. The minimum Gasteiger partial charge on any atom is -0.389 e. The lowest BCUT2D eigenvalue weighted by molar-refractivity contribution is 0.627. The molecule has 20 heavy (non-hydrogen) atoms. The van der Waals surface area contributed by atoms with Crippen LogP contribution in [0.5, 0.6) is 0 Å². The second-order valence-corrected chi connectivity index (χ2v) is 6.03. The maximum absolute atomic E-state index is 13.3. The third-order valence-electron chi connectivity index (χ3n) is 2.91. The summed E-state index contributed by atoms with van der Waals surface area (Å²) in [7, 11) is 0. The SMILES string of the molecule is CCc1cnc(C(C)Nc2ccc(F)cc2C(N)=S)s1. The van der Waals surface area contributed by atoms with E-state index in [1.165, 1.54) is 17.0 Å². The Kier molecular flexibility index (Phi) is 4.67. The highest BCUT2D eigenvalue weighted by Gasteiger charge is 2.13. The Morgan fingerprint density at radius 2 is 2.30 bits per heavy atom. The van der Waals surface area contributed by atoms with E-state index in [0.717, 1.165) is 17.1 Å². The number of halogens is 1. The van der Waals surface area contributed by atoms with Crippen LogP contribution in [0, 0.1) is 5.82 Å². The Morgan fingerprint density at radius 3 is 2.90 bits per heavy atom. The fourth-order valence-corrected chi connectivity index (χ4v) is 2.86. The molecular formula is C14H16FN3S2. The van der Waals surface area contributed by atoms with Crippen molar-refractivity contribution in [2.45, 2.75) is 26.3 Å². The normalized spacial score (nSPS) is 12.2. The highest BCUT2D eigenvalue weighted by atomic mass is 32.1. The zero-order chi connectivity index (χ0) is 14.7. The van der Waals surface area contributed by atoms with E-state index in [9.17, 15) is 4.39 Å². The molecule has 2 aromatic rings. The second-order valence-electron chi connectivity index (χ2n) is 4.44. The molecule has 1 aromatic carbocycles. The van der Waals surface area contributed by atoms with Gasteiger partial charge in [-0.15, -0.1) is 11.3 Å². The van der Waals surface area contributed by atoms with Crippen molar-refractivity contribution in [1.29, 1.82) is 0 Å². The number of aromatic nitrogens is 1. The third-order valence-corrected chi connectivity index (χ3v) is 4.45. The van der Waals surface area contributed by atoms with Crippen LogP contribution >= 0.6 is 23.6 Å². The molecule has 1 unspecified atom stereocenters. The highest BCUT2D eigenvalue weighted by Crippen LogP contribution is 2.26. The van der Waals surface area contributed by atoms with Crippen LogP contribution in [-0.2, 0) is 6.42 Å². The summed E-state index contributed by atoms with van der Waals surface area (Å²) in [4.78, 5) is 5.80. The smallest absolute Gasteiger partial charge is 0.124 e. The first-order valence-electron chi connectivity index (χ1n) is 6.31. The number of thiocarbonyl (C=S) groups is 1. The van der Waals surface area contributed by atoms with E-state index in [1.807, 2.05) is 13.1 Å². The molecule has 0 saturated heterocycles. The largest absolute Gasteiger partial charge is 0.389 e. The monoisotopic (exact) mass is 309 g/mol. The van der Waals surface area contributed by atoms with E-state index < -0.39 is 0 Å². The van der Waals surface area contributed by atoms with Crippen molar-refractivity contribution < 1.29 is 4.39 Å². The number of benzene rings is 1. The summed E-state index contributed by atoms with van der Waals surface area (Å²) in [6.07, 6.45) is 2.86. The molecule has 1 atom stereocenters. The van der Waals surface area contributed by atoms with E-state index in [2.05, 4.69) is 17.2 Å². The molecule has 0 spiro atoms. The van der Waals surface area contributed by atoms with Crippen LogP contribution < -0.4 is 11.1 Å². The van der Waals surface area contributed by atoms with Gasteiger partial charge in [0.2, 0.25) is 0 Å². The second kappa shape index (κ2) is 6.28. The molecule has 0 aliphatic rings. The molecule has 2 rings (SSSR count). The fraction of sp³-hybridized carbons (Fsp3) is 0.286. The Hall–Kier alpha value is -1.53. The molecule has 3 nitrogen and oxygen atoms in total. The average Bonchev–Trinajstić information content (AvgIpc) is 2.89. The van der Waals surface area contributed by atoms with Crippen LogP contribution in [0.25, 0.3) is 0 Å². The number of nitrogens with zero attached hydrogens (tertiary/aromatic N) is 1. The van der Waals surface area contributed by atoms with E-state index in [4.69, 9.17) is 18.0 Å². The summed E-state index contributed by atoms with van der Waals surface area (Å²) < 4.78 is 13.3. The van der Waals surface area contributed by atoms with Crippen molar-refractivity contribution in [2.24, 2.45) is 5.73 Å². The minimum absolute atomic E-state index is 0.0128. The lowest BCUT2D eigenvalue weighted by atomic mass is 10.1. The molecule has 1 aromatic heterocycles. The molecule has 0 radical (unpaired) electrons. The van der Waals surface area contributed by atoms with E-state index in [1.54, 1.807) is 17.4 Å². The summed E-state index contributed by atoms with van der Waals surface area (Å²) in [6.45, 7) is 4.10. The van der Waals surface area contributed by atoms with Crippen molar-refractivity contribution in [3.05, 3.63) is 45.7 Å². The van der Waals surface area contributed by atoms with Crippen LogP contribution in [0.4, 0.5) is 10.1 Å². The topological polar surface area (TPSA) is 50.9 Å². The van der Waals surface area contributed by atoms with Gasteiger partial charge < -0.3 is 11.1 Å². The first kappa shape index (κ1) is 14.9. The van der Waals surface area contributed by atoms with E-state index in [-0.39, 0.29) is 16.8 Å². The molecule has 1 heterocycles. The number of nitrogens with two attached hydrogens (primary N) is 1. The summed E-state index contributed by atoms with van der Waals surface area (Å²) in [5, 5.41) is 4.27. The Morgan fingerprint density at radius 1 is 1.55 bits per heavy atom. The molecular weight excluding hydrogens is 293 g/mol. The number of anilines is 1. The quantitative estimate of drug-likeness (QED) is 0.828. The van der Waals surface area contributed by atoms with Gasteiger partial charge >= 0.3 is 0 Å². The molecule has 0 fully saturated rings. The lowest BCUT2D eigenvalue weighted by Gasteiger charge is -2.16. The zero-order valence-electron chi connectivity index (χ0n) is 11.3. The summed E-state index contributed by atoms with van der Waals surface area (Å²) in [6, 6.07) is 4.39. The molecule has 106 valence electrons. The molecule has 0 aliphatic heterocycles. The van der Waals surface area contributed by atoms with Crippen LogP contribution in [0.3, 0.4) is 0 Å². The van der Waals surface area contributed by atoms with E-state index >= 15 is 0 Å². The summed E-state index contributed by atoms with van der Waals surface area (Å²) in [5.41, 5.74) is 6.87. The fourth-order valence-electron chi connectivity index (χ4n) is 1.83. The first-order chi connectivity index (χ1) is 9.51. The van der Waals surface area contributed by atoms with E-state index in [0.29, 0.717) is 5.56 Å². The molecule has 0 aliphatic carbocycles. The van der Waals surface area contributed by atoms with Gasteiger partial charge in [0.25, 0.3) is 0 Å². The number of rotatable bonds is 5. The van der Waals surface area contributed by atoms with Crippen LogP contribution in [0.15, 0.2) is 24.4 Å². The van der Waals surface area contributed by atoms with Gasteiger partial charge in [0.15, 0.2) is 0 Å². The Balaban J connectivity index is 2.23. The molecule has 0 amide bonds. The van der Waals surface area contributed by atoms with Gasteiger partial charge in [-0.3, -0.25) is 0 Å². The van der Waals surface area contributed by atoms with Gasteiger partial charge in [-0.2, -0.15) is 0 Å². The maximum Gasteiger partial charge on any atom is 0.124 e. The number of thiazole rings is 1. The lowest BCUT2D eigenvalue weighted by Crippen LogP contribution is -2.15.